The second-order valence-corrected chi connectivity index (χ2v) is 5.41. The summed E-state index contributed by atoms with van der Waals surface area (Å²) in [7, 11) is 3.13. The van der Waals surface area contributed by atoms with E-state index < -0.39 is 0 Å². The highest BCUT2D eigenvalue weighted by Crippen LogP contribution is 2.35. The third kappa shape index (κ3) is 3.90. The van der Waals surface area contributed by atoms with Crippen LogP contribution in [-0.4, -0.2) is 14.2 Å². The van der Waals surface area contributed by atoms with Gasteiger partial charge in [0.15, 0.2) is 11.5 Å². The predicted molar refractivity (Wildman–Crippen MR) is 86.2 cm³/mol. The Morgan fingerprint density at radius 3 is 2.41 bits per heavy atom. The van der Waals surface area contributed by atoms with Gasteiger partial charge in [0.1, 0.15) is 5.82 Å². The van der Waals surface area contributed by atoms with Crippen molar-refractivity contribution in [3.05, 3.63) is 57.9 Å². The Morgan fingerprint density at radius 2 is 1.77 bits per heavy atom. The van der Waals surface area contributed by atoms with E-state index in [4.69, 9.17) is 21.1 Å². The van der Waals surface area contributed by atoms with E-state index in [1.165, 1.54) is 6.07 Å². The van der Waals surface area contributed by atoms with Crippen LogP contribution in [0.25, 0.3) is 0 Å². The first-order valence-corrected chi connectivity index (χ1v) is 7.29. The summed E-state index contributed by atoms with van der Waals surface area (Å²) in [6.07, 6.45) is 0. The third-order valence-electron chi connectivity index (χ3n) is 3.37. The van der Waals surface area contributed by atoms with Gasteiger partial charge in [-0.15, -0.1) is 0 Å². The summed E-state index contributed by atoms with van der Waals surface area (Å²) < 4.78 is 23.7. The van der Waals surface area contributed by atoms with Gasteiger partial charge in [-0.25, -0.2) is 4.39 Å². The molecule has 5 heteroatoms. The summed E-state index contributed by atoms with van der Waals surface area (Å²) in [5.74, 6) is 0.946. The standard InChI is InChI=1S/C17H19ClFNO2/c1-11-6-12(4-5-15(11)19)9-20-10-13-7-14(18)17(22-3)16(8-13)21-2/h4-8,20H,9-10H2,1-3H3. The van der Waals surface area contributed by atoms with Crippen molar-refractivity contribution in [2.75, 3.05) is 14.2 Å². The van der Waals surface area contributed by atoms with Crippen LogP contribution in [-0.2, 0) is 13.1 Å². The molecule has 1 N–H and O–H groups in total. The molecule has 2 rings (SSSR count). The fraction of sp³-hybridized carbons (Fsp3) is 0.294. The van der Waals surface area contributed by atoms with E-state index in [1.54, 1.807) is 27.2 Å². The van der Waals surface area contributed by atoms with Crippen LogP contribution in [0.15, 0.2) is 30.3 Å². The zero-order valence-corrected chi connectivity index (χ0v) is 13.6. The molecular weight excluding hydrogens is 305 g/mol. The molecule has 0 aliphatic carbocycles. The average Bonchev–Trinajstić information content (AvgIpc) is 2.50. The van der Waals surface area contributed by atoms with Gasteiger partial charge in [-0.05, 0) is 41.8 Å². The van der Waals surface area contributed by atoms with Crippen molar-refractivity contribution in [1.29, 1.82) is 0 Å². The lowest BCUT2D eigenvalue weighted by molar-refractivity contribution is 0.354. The first-order chi connectivity index (χ1) is 10.5. The molecule has 0 spiro atoms. The Morgan fingerprint density at radius 1 is 1.05 bits per heavy atom. The van der Waals surface area contributed by atoms with Crippen LogP contribution in [0, 0.1) is 12.7 Å². The maximum Gasteiger partial charge on any atom is 0.179 e. The van der Waals surface area contributed by atoms with Crippen LogP contribution < -0.4 is 14.8 Å². The Hall–Kier alpha value is -1.78. The highest BCUT2D eigenvalue weighted by molar-refractivity contribution is 6.32. The second-order valence-electron chi connectivity index (χ2n) is 5.00. The van der Waals surface area contributed by atoms with Gasteiger partial charge in [0, 0.05) is 13.1 Å². The van der Waals surface area contributed by atoms with Crippen LogP contribution in [0.4, 0.5) is 4.39 Å². The second kappa shape index (κ2) is 7.47. The SMILES string of the molecule is COc1cc(CNCc2ccc(F)c(C)c2)cc(Cl)c1OC. The van der Waals surface area contributed by atoms with Crippen molar-refractivity contribution in [2.45, 2.75) is 20.0 Å². The fourth-order valence-electron chi connectivity index (χ4n) is 2.24. The molecule has 118 valence electrons. The van der Waals surface area contributed by atoms with Crippen LogP contribution >= 0.6 is 11.6 Å². The quantitative estimate of drug-likeness (QED) is 0.868. The summed E-state index contributed by atoms with van der Waals surface area (Å²) in [6, 6.07) is 8.82. The topological polar surface area (TPSA) is 30.5 Å². The number of hydrogen-bond donors (Lipinski definition) is 1. The lowest BCUT2D eigenvalue weighted by Crippen LogP contribution is -2.13. The van der Waals surface area contributed by atoms with Crippen molar-refractivity contribution >= 4 is 11.6 Å². The van der Waals surface area contributed by atoms with E-state index in [0.29, 0.717) is 35.2 Å². The minimum atomic E-state index is -0.185. The van der Waals surface area contributed by atoms with E-state index >= 15 is 0 Å². The van der Waals surface area contributed by atoms with Crippen LogP contribution in [0.1, 0.15) is 16.7 Å². The van der Waals surface area contributed by atoms with Crippen molar-refractivity contribution < 1.29 is 13.9 Å². The Bertz CT molecular complexity index is 661. The van der Waals surface area contributed by atoms with Gasteiger partial charge >= 0.3 is 0 Å². The molecule has 0 amide bonds. The molecule has 0 saturated carbocycles. The van der Waals surface area contributed by atoms with Crippen molar-refractivity contribution in [3.63, 3.8) is 0 Å². The first-order valence-electron chi connectivity index (χ1n) is 6.91. The van der Waals surface area contributed by atoms with E-state index in [-0.39, 0.29) is 5.82 Å². The molecule has 2 aromatic rings. The van der Waals surface area contributed by atoms with E-state index in [2.05, 4.69) is 5.32 Å². The van der Waals surface area contributed by atoms with Gasteiger partial charge < -0.3 is 14.8 Å². The summed E-state index contributed by atoms with van der Waals surface area (Å²) in [4.78, 5) is 0. The smallest absolute Gasteiger partial charge is 0.179 e. The molecule has 0 heterocycles. The fourth-order valence-corrected chi connectivity index (χ4v) is 2.55. The summed E-state index contributed by atoms with van der Waals surface area (Å²) in [5.41, 5.74) is 2.67. The zero-order valence-electron chi connectivity index (χ0n) is 12.9. The Labute approximate surface area is 135 Å². The maximum absolute atomic E-state index is 13.2. The van der Waals surface area contributed by atoms with E-state index in [1.807, 2.05) is 18.2 Å². The molecule has 0 bridgehead atoms. The molecule has 2 aromatic carbocycles. The minimum absolute atomic E-state index is 0.185. The molecule has 3 nitrogen and oxygen atoms in total. The van der Waals surface area contributed by atoms with Gasteiger partial charge in [0.05, 0.1) is 19.2 Å². The molecule has 0 aromatic heterocycles. The van der Waals surface area contributed by atoms with Gasteiger partial charge in [0.2, 0.25) is 0 Å². The Kier molecular flexibility index (Phi) is 5.63. The van der Waals surface area contributed by atoms with Gasteiger partial charge in [0.25, 0.3) is 0 Å². The van der Waals surface area contributed by atoms with E-state index in [9.17, 15) is 4.39 Å². The van der Waals surface area contributed by atoms with Gasteiger partial charge in [-0.2, -0.15) is 0 Å². The van der Waals surface area contributed by atoms with Gasteiger partial charge in [-0.1, -0.05) is 23.7 Å². The molecule has 0 radical (unpaired) electrons. The molecular formula is C17H19ClFNO2. The highest BCUT2D eigenvalue weighted by atomic mass is 35.5. The van der Waals surface area contributed by atoms with Crippen molar-refractivity contribution in [1.82, 2.24) is 5.32 Å². The zero-order chi connectivity index (χ0) is 16.1. The normalized spacial score (nSPS) is 10.6. The third-order valence-corrected chi connectivity index (χ3v) is 3.65. The number of halogens is 2. The maximum atomic E-state index is 13.2. The lowest BCUT2D eigenvalue weighted by Gasteiger charge is -2.12. The van der Waals surface area contributed by atoms with Gasteiger partial charge in [-0.3, -0.25) is 0 Å². The Balaban J connectivity index is 2.02. The number of hydrogen-bond acceptors (Lipinski definition) is 3. The predicted octanol–water partition coefficient (Wildman–Crippen LogP) is 4.09. The molecule has 0 aliphatic heterocycles. The number of nitrogens with one attached hydrogen (secondary N) is 1. The highest BCUT2D eigenvalue weighted by Gasteiger charge is 2.10. The first kappa shape index (κ1) is 16.6. The van der Waals surface area contributed by atoms with Crippen molar-refractivity contribution in [2.24, 2.45) is 0 Å². The average molecular weight is 324 g/mol. The number of rotatable bonds is 6. The summed E-state index contributed by atoms with van der Waals surface area (Å²) >= 11 is 6.17. The molecule has 22 heavy (non-hydrogen) atoms. The van der Waals surface area contributed by atoms with Crippen LogP contribution in [0.2, 0.25) is 5.02 Å². The van der Waals surface area contributed by atoms with Crippen LogP contribution in [0.5, 0.6) is 11.5 Å². The summed E-state index contributed by atoms with van der Waals surface area (Å²) in [5, 5.41) is 3.81. The molecule has 0 atom stereocenters. The molecule has 0 aliphatic rings. The largest absolute Gasteiger partial charge is 0.493 e. The lowest BCUT2D eigenvalue weighted by atomic mass is 10.1. The molecule has 0 fully saturated rings. The van der Waals surface area contributed by atoms with Crippen molar-refractivity contribution in [3.8, 4) is 11.5 Å². The minimum Gasteiger partial charge on any atom is -0.493 e. The monoisotopic (exact) mass is 323 g/mol. The molecule has 0 unspecified atom stereocenters. The number of aryl methyl sites for hydroxylation is 1. The number of benzene rings is 2. The molecule has 0 saturated heterocycles. The summed E-state index contributed by atoms with van der Waals surface area (Å²) in [6.45, 7) is 3.02. The van der Waals surface area contributed by atoms with E-state index in [0.717, 1.165) is 11.1 Å². The number of methoxy groups -OCH3 is 2. The number of ether oxygens (including phenoxy) is 2. The van der Waals surface area contributed by atoms with Crippen LogP contribution in [0.3, 0.4) is 0 Å².